The van der Waals surface area contributed by atoms with Crippen molar-refractivity contribution < 1.29 is 18.7 Å². The number of hydrogen-bond donors (Lipinski definition) is 0. The van der Waals surface area contributed by atoms with Crippen LogP contribution in [0, 0.1) is 0 Å². The third kappa shape index (κ3) is 4.38. The van der Waals surface area contributed by atoms with E-state index in [1.54, 1.807) is 78.3 Å². The van der Waals surface area contributed by atoms with Gasteiger partial charge in [0.2, 0.25) is 0 Å². The van der Waals surface area contributed by atoms with E-state index in [-0.39, 0.29) is 17.2 Å². The average Bonchev–Trinajstić information content (AvgIpc) is 3.39. The Morgan fingerprint density at radius 2 is 1.85 bits per heavy atom. The first-order chi connectivity index (χ1) is 16.0. The van der Waals surface area contributed by atoms with Crippen LogP contribution in [-0.4, -0.2) is 47.7 Å². The molecular weight excluding hydrogens is 422 g/mol. The van der Waals surface area contributed by atoms with Gasteiger partial charge in [0.25, 0.3) is 11.5 Å². The van der Waals surface area contributed by atoms with Gasteiger partial charge in [-0.3, -0.25) is 14.2 Å². The number of amides is 1. The summed E-state index contributed by atoms with van der Waals surface area (Å²) >= 11 is 0. The first kappa shape index (κ1) is 22.3. The molecule has 4 rings (SSSR count). The second-order valence-corrected chi connectivity index (χ2v) is 7.47. The van der Waals surface area contributed by atoms with E-state index in [1.165, 1.54) is 6.26 Å². The van der Waals surface area contributed by atoms with Crippen LogP contribution in [0.1, 0.15) is 29.3 Å². The number of fused-ring (bicyclic) bond motifs is 1. The number of aromatic nitrogens is 2. The van der Waals surface area contributed by atoms with Gasteiger partial charge >= 0.3 is 0 Å². The smallest absolute Gasteiger partial charge is 0.290 e. The van der Waals surface area contributed by atoms with Crippen LogP contribution in [-0.2, 0) is 4.74 Å². The summed E-state index contributed by atoms with van der Waals surface area (Å²) in [4.78, 5) is 33.3. The number of nitrogens with zero attached hydrogens (tertiary/aromatic N) is 3. The number of methoxy groups -OCH3 is 2. The fourth-order valence-electron chi connectivity index (χ4n) is 3.75. The Bertz CT molecular complexity index is 1300. The highest BCUT2D eigenvalue weighted by Crippen LogP contribution is 2.25. The molecule has 33 heavy (non-hydrogen) atoms. The number of rotatable bonds is 8. The SMILES string of the molecule is COCCN(C(=O)c1ccco1)C(C)c1nc2ccccc2c(=O)n1-c1ccc(OC)cc1. The normalized spacial score (nSPS) is 12.0. The largest absolute Gasteiger partial charge is 0.497 e. The molecule has 0 N–H and O–H groups in total. The Morgan fingerprint density at radius 1 is 1.09 bits per heavy atom. The number of furan rings is 1. The van der Waals surface area contributed by atoms with Crippen molar-refractivity contribution in [3.8, 4) is 11.4 Å². The molecule has 0 radical (unpaired) electrons. The van der Waals surface area contributed by atoms with Crippen LogP contribution in [0.25, 0.3) is 16.6 Å². The molecule has 0 aliphatic heterocycles. The van der Waals surface area contributed by atoms with Gasteiger partial charge in [-0.05, 0) is 55.5 Å². The second-order valence-electron chi connectivity index (χ2n) is 7.47. The van der Waals surface area contributed by atoms with Gasteiger partial charge in [-0.15, -0.1) is 0 Å². The highest BCUT2D eigenvalue weighted by Gasteiger charge is 2.28. The summed E-state index contributed by atoms with van der Waals surface area (Å²) in [7, 11) is 3.15. The van der Waals surface area contributed by atoms with Gasteiger partial charge in [-0.25, -0.2) is 4.98 Å². The average molecular weight is 447 g/mol. The van der Waals surface area contributed by atoms with Gasteiger partial charge in [-0.1, -0.05) is 12.1 Å². The van der Waals surface area contributed by atoms with Gasteiger partial charge in [0.05, 0.1) is 42.6 Å². The standard InChI is InChI=1S/C25H25N3O5/c1-17(27(14-16-31-2)25(30)22-9-6-15-33-22)23-26-21-8-5-4-7-20(21)24(29)28(23)18-10-12-19(32-3)13-11-18/h4-13,15,17H,14,16H2,1-3H3. The second kappa shape index (κ2) is 9.70. The van der Waals surface area contributed by atoms with Gasteiger partial charge in [-0.2, -0.15) is 0 Å². The lowest BCUT2D eigenvalue weighted by molar-refractivity contribution is 0.0574. The molecule has 1 amide bonds. The summed E-state index contributed by atoms with van der Waals surface area (Å²) in [6.07, 6.45) is 1.45. The summed E-state index contributed by atoms with van der Waals surface area (Å²) in [5, 5.41) is 0.491. The maximum Gasteiger partial charge on any atom is 0.290 e. The molecule has 0 saturated carbocycles. The molecule has 8 nitrogen and oxygen atoms in total. The van der Waals surface area contributed by atoms with E-state index in [4.69, 9.17) is 18.9 Å². The number of ether oxygens (including phenoxy) is 2. The van der Waals surface area contributed by atoms with E-state index < -0.39 is 6.04 Å². The molecule has 8 heteroatoms. The first-order valence-electron chi connectivity index (χ1n) is 10.5. The van der Waals surface area contributed by atoms with Crippen LogP contribution in [0.4, 0.5) is 0 Å². The van der Waals surface area contributed by atoms with Crippen molar-refractivity contribution in [3.05, 3.63) is 88.9 Å². The van der Waals surface area contributed by atoms with Crippen molar-refractivity contribution in [2.75, 3.05) is 27.4 Å². The fourth-order valence-corrected chi connectivity index (χ4v) is 3.75. The van der Waals surface area contributed by atoms with Crippen LogP contribution >= 0.6 is 0 Å². The summed E-state index contributed by atoms with van der Waals surface area (Å²) in [5.41, 5.74) is 0.967. The number of para-hydroxylation sites is 1. The van der Waals surface area contributed by atoms with Gasteiger partial charge in [0, 0.05) is 13.7 Å². The van der Waals surface area contributed by atoms with E-state index in [0.29, 0.717) is 41.3 Å². The maximum absolute atomic E-state index is 13.6. The van der Waals surface area contributed by atoms with E-state index in [1.807, 2.05) is 13.0 Å². The molecule has 2 heterocycles. The minimum atomic E-state index is -0.558. The quantitative estimate of drug-likeness (QED) is 0.408. The van der Waals surface area contributed by atoms with E-state index in [9.17, 15) is 9.59 Å². The highest BCUT2D eigenvalue weighted by atomic mass is 16.5. The number of benzene rings is 2. The van der Waals surface area contributed by atoms with Crippen molar-refractivity contribution in [1.82, 2.24) is 14.5 Å². The zero-order valence-corrected chi connectivity index (χ0v) is 18.7. The predicted molar refractivity (Wildman–Crippen MR) is 124 cm³/mol. The molecule has 0 bridgehead atoms. The summed E-state index contributed by atoms with van der Waals surface area (Å²) < 4.78 is 17.4. The van der Waals surface area contributed by atoms with Crippen molar-refractivity contribution in [3.63, 3.8) is 0 Å². The van der Waals surface area contributed by atoms with E-state index in [0.717, 1.165) is 0 Å². The first-order valence-corrected chi connectivity index (χ1v) is 10.5. The van der Waals surface area contributed by atoms with Crippen LogP contribution in [0.3, 0.4) is 0 Å². The number of carbonyl (C=O) groups is 1. The lowest BCUT2D eigenvalue weighted by Gasteiger charge is -2.29. The molecular formula is C25H25N3O5. The Kier molecular flexibility index (Phi) is 6.55. The van der Waals surface area contributed by atoms with Crippen molar-refractivity contribution >= 4 is 16.8 Å². The monoisotopic (exact) mass is 447 g/mol. The Hall–Kier alpha value is -3.91. The molecule has 4 aromatic rings. The van der Waals surface area contributed by atoms with Gasteiger partial charge in [0.1, 0.15) is 11.6 Å². The lowest BCUT2D eigenvalue weighted by atomic mass is 10.1. The number of carbonyl (C=O) groups excluding carboxylic acids is 1. The fraction of sp³-hybridized carbons (Fsp3) is 0.240. The molecule has 1 unspecified atom stereocenters. The predicted octanol–water partition coefficient (Wildman–Crippen LogP) is 3.84. The molecule has 0 fully saturated rings. The van der Waals surface area contributed by atoms with Gasteiger partial charge < -0.3 is 18.8 Å². The molecule has 1 atom stereocenters. The Labute approximate surface area is 191 Å². The van der Waals surface area contributed by atoms with E-state index >= 15 is 0 Å². The van der Waals surface area contributed by atoms with Crippen LogP contribution in [0.2, 0.25) is 0 Å². The topological polar surface area (TPSA) is 86.8 Å². The summed E-state index contributed by atoms with van der Waals surface area (Å²) in [6.45, 7) is 2.45. The molecule has 0 saturated heterocycles. The Morgan fingerprint density at radius 3 is 2.52 bits per heavy atom. The van der Waals surface area contributed by atoms with Crippen LogP contribution < -0.4 is 10.3 Å². The zero-order valence-electron chi connectivity index (χ0n) is 18.7. The van der Waals surface area contributed by atoms with E-state index in [2.05, 4.69) is 0 Å². The third-order valence-corrected chi connectivity index (χ3v) is 5.50. The zero-order chi connectivity index (χ0) is 23.4. The molecule has 170 valence electrons. The number of hydrogen-bond acceptors (Lipinski definition) is 6. The van der Waals surface area contributed by atoms with Crippen molar-refractivity contribution in [1.29, 1.82) is 0 Å². The van der Waals surface area contributed by atoms with Crippen molar-refractivity contribution in [2.24, 2.45) is 0 Å². The van der Waals surface area contributed by atoms with Gasteiger partial charge in [0.15, 0.2) is 5.76 Å². The Balaban J connectivity index is 1.89. The summed E-state index contributed by atoms with van der Waals surface area (Å²) in [5.74, 6) is 0.995. The molecule has 2 aromatic heterocycles. The molecule has 0 spiro atoms. The minimum absolute atomic E-state index is 0.206. The molecule has 2 aromatic carbocycles. The van der Waals surface area contributed by atoms with Crippen LogP contribution in [0.5, 0.6) is 5.75 Å². The van der Waals surface area contributed by atoms with Crippen molar-refractivity contribution in [2.45, 2.75) is 13.0 Å². The molecule has 0 aliphatic rings. The molecule has 0 aliphatic carbocycles. The highest BCUT2D eigenvalue weighted by molar-refractivity contribution is 5.91. The summed E-state index contributed by atoms with van der Waals surface area (Å²) in [6, 6.07) is 17.0. The van der Waals surface area contributed by atoms with Crippen LogP contribution in [0.15, 0.2) is 76.1 Å². The lowest BCUT2D eigenvalue weighted by Crippen LogP contribution is -2.39. The minimum Gasteiger partial charge on any atom is -0.497 e. The third-order valence-electron chi connectivity index (χ3n) is 5.50. The maximum atomic E-state index is 13.6.